The number of hydrogen-bond acceptors (Lipinski definition) is 3. The smallest absolute Gasteiger partial charge is 0.127 e. The third-order valence-corrected chi connectivity index (χ3v) is 4.05. The molecule has 4 nitrogen and oxygen atoms in total. The highest BCUT2D eigenvalue weighted by Gasteiger charge is 2.13. The van der Waals surface area contributed by atoms with E-state index in [2.05, 4.69) is 61.6 Å². The Hall–Kier alpha value is -2.36. The zero-order valence-electron chi connectivity index (χ0n) is 13.8. The summed E-state index contributed by atoms with van der Waals surface area (Å²) < 4.78 is 1.85. The van der Waals surface area contributed by atoms with Gasteiger partial charge < -0.3 is 5.32 Å². The van der Waals surface area contributed by atoms with Crippen molar-refractivity contribution in [2.75, 3.05) is 5.32 Å². The standard InChI is InChI=1S/C18H22N4/c1-11-6-7-17-15(8-11)12(2)9-18(20-17)19-13(3)16-10-22(5)21-14(16)4/h6-10,13H,1-5H3,(H,19,20)/t13-/m0/s1. The molecule has 0 spiro atoms. The quantitative estimate of drug-likeness (QED) is 0.792. The van der Waals surface area contributed by atoms with Crippen molar-refractivity contribution in [2.45, 2.75) is 33.7 Å². The van der Waals surface area contributed by atoms with Crippen molar-refractivity contribution in [1.82, 2.24) is 14.8 Å². The molecule has 0 aliphatic carbocycles. The van der Waals surface area contributed by atoms with Gasteiger partial charge in [0.1, 0.15) is 5.82 Å². The molecule has 0 bridgehead atoms. The minimum atomic E-state index is 0.170. The van der Waals surface area contributed by atoms with Gasteiger partial charge in [-0.1, -0.05) is 11.6 Å². The van der Waals surface area contributed by atoms with Crippen molar-refractivity contribution in [3.05, 3.63) is 52.8 Å². The van der Waals surface area contributed by atoms with Gasteiger partial charge in [-0.05, 0) is 51.5 Å². The second-order valence-electron chi connectivity index (χ2n) is 6.05. The van der Waals surface area contributed by atoms with Gasteiger partial charge in [0.2, 0.25) is 0 Å². The molecule has 4 heteroatoms. The summed E-state index contributed by atoms with van der Waals surface area (Å²) in [6.45, 7) is 8.42. The highest BCUT2D eigenvalue weighted by molar-refractivity contribution is 5.84. The van der Waals surface area contributed by atoms with Crippen molar-refractivity contribution in [1.29, 1.82) is 0 Å². The summed E-state index contributed by atoms with van der Waals surface area (Å²) in [5.41, 5.74) is 5.79. The fraction of sp³-hybridized carbons (Fsp3) is 0.333. The number of nitrogens with zero attached hydrogens (tertiary/aromatic N) is 3. The third-order valence-electron chi connectivity index (χ3n) is 4.05. The zero-order valence-corrected chi connectivity index (χ0v) is 13.8. The van der Waals surface area contributed by atoms with Gasteiger partial charge in [-0.25, -0.2) is 4.98 Å². The first kappa shape index (κ1) is 14.6. The van der Waals surface area contributed by atoms with Gasteiger partial charge >= 0.3 is 0 Å². The number of benzene rings is 1. The van der Waals surface area contributed by atoms with E-state index in [-0.39, 0.29) is 6.04 Å². The lowest BCUT2D eigenvalue weighted by atomic mass is 10.1. The maximum atomic E-state index is 4.74. The van der Waals surface area contributed by atoms with Crippen molar-refractivity contribution < 1.29 is 0 Å². The van der Waals surface area contributed by atoms with Crippen LogP contribution in [0.5, 0.6) is 0 Å². The van der Waals surface area contributed by atoms with Crippen molar-refractivity contribution in [3.8, 4) is 0 Å². The Bertz CT molecular complexity index is 832. The highest BCUT2D eigenvalue weighted by atomic mass is 15.3. The lowest BCUT2D eigenvalue weighted by Gasteiger charge is -2.15. The normalized spacial score (nSPS) is 12.6. The van der Waals surface area contributed by atoms with Crippen LogP contribution in [0.15, 0.2) is 30.5 Å². The molecule has 0 radical (unpaired) electrons. The number of nitrogens with one attached hydrogen (secondary N) is 1. The Morgan fingerprint density at radius 1 is 1.14 bits per heavy atom. The van der Waals surface area contributed by atoms with E-state index in [0.29, 0.717) is 0 Å². The Kier molecular flexibility index (Phi) is 3.61. The topological polar surface area (TPSA) is 42.7 Å². The maximum absolute atomic E-state index is 4.74. The van der Waals surface area contributed by atoms with E-state index in [1.807, 2.05) is 18.7 Å². The van der Waals surface area contributed by atoms with Crippen LogP contribution in [0.1, 0.15) is 35.3 Å². The predicted molar refractivity (Wildman–Crippen MR) is 91.2 cm³/mol. The molecule has 0 fully saturated rings. The SMILES string of the molecule is Cc1ccc2nc(N[C@@H](C)c3cn(C)nc3C)cc(C)c2c1. The third kappa shape index (κ3) is 2.69. The molecule has 0 saturated carbocycles. The average Bonchev–Trinajstić information content (AvgIpc) is 2.79. The fourth-order valence-electron chi connectivity index (χ4n) is 2.92. The van der Waals surface area contributed by atoms with Crippen LogP contribution >= 0.6 is 0 Å². The second kappa shape index (κ2) is 5.44. The first-order chi connectivity index (χ1) is 10.4. The van der Waals surface area contributed by atoms with Gasteiger partial charge in [0.15, 0.2) is 0 Å². The lowest BCUT2D eigenvalue weighted by Crippen LogP contribution is -2.08. The van der Waals surface area contributed by atoms with Gasteiger partial charge in [-0.2, -0.15) is 5.10 Å². The zero-order chi connectivity index (χ0) is 15.9. The largest absolute Gasteiger partial charge is 0.363 e. The van der Waals surface area contributed by atoms with E-state index in [4.69, 9.17) is 4.98 Å². The first-order valence-electron chi connectivity index (χ1n) is 7.58. The molecular formula is C18H22N4. The van der Waals surface area contributed by atoms with Crippen LogP contribution in [-0.2, 0) is 7.05 Å². The van der Waals surface area contributed by atoms with E-state index in [1.54, 1.807) is 0 Å². The summed E-state index contributed by atoms with van der Waals surface area (Å²) in [5.74, 6) is 0.907. The maximum Gasteiger partial charge on any atom is 0.127 e. The van der Waals surface area contributed by atoms with Gasteiger partial charge in [0.25, 0.3) is 0 Å². The van der Waals surface area contributed by atoms with Gasteiger partial charge in [-0.15, -0.1) is 0 Å². The van der Waals surface area contributed by atoms with E-state index in [0.717, 1.165) is 17.0 Å². The summed E-state index contributed by atoms with van der Waals surface area (Å²) in [5, 5.41) is 9.12. The molecule has 114 valence electrons. The molecule has 0 saturated heterocycles. The monoisotopic (exact) mass is 294 g/mol. The molecule has 3 rings (SSSR count). The Balaban J connectivity index is 1.94. The van der Waals surface area contributed by atoms with Crippen LogP contribution < -0.4 is 5.32 Å². The summed E-state index contributed by atoms with van der Waals surface area (Å²) in [7, 11) is 1.95. The summed E-state index contributed by atoms with van der Waals surface area (Å²) in [6.07, 6.45) is 2.06. The Morgan fingerprint density at radius 2 is 1.91 bits per heavy atom. The minimum Gasteiger partial charge on any atom is -0.363 e. The van der Waals surface area contributed by atoms with Gasteiger partial charge in [0.05, 0.1) is 17.3 Å². The van der Waals surface area contributed by atoms with Crippen LogP contribution in [-0.4, -0.2) is 14.8 Å². The van der Waals surface area contributed by atoms with E-state index >= 15 is 0 Å². The van der Waals surface area contributed by atoms with Crippen LogP contribution in [0.25, 0.3) is 10.9 Å². The van der Waals surface area contributed by atoms with Crippen molar-refractivity contribution in [3.63, 3.8) is 0 Å². The number of aromatic nitrogens is 3. The number of pyridine rings is 1. The minimum absolute atomic E-state index is 0.170. The van der Waals surface area contributed by atoms with Crippen LogP contribution in [0, 0.1) is 20.8 Å². The van der Waals surface area contributed by atoms with E-state index < -0.39 is 0 Å². The molecule has 0 aliphatic rings. The number of hydrogen-bond donors (Lipinski definition) is 1. The molecular weight excluding hydrogens is 272 g/mol. The van der Waals surface area contributed by atoms with Crippen molar-refractivity contribution in [2.24, 2.45) is 7.05 Å². The Labute approximate surface area is 131 Å². The first-order valence-corrected chi connectivity index (χ1v) is 7.58. The van der Waals surface area contributed by atoms with Crippen LogP contribution in [0.3, 0.4) is 0 Å². The second-order valence-corrected chi connectivity index (χ2v) is 6.05. The average molecular weight is 294 g/mol. The number of rotatable bonds is 3. The molecule has 2 heterocycles. The predicted octanol–water partition coefficient (Wildman–Crippen LogP) is 4.07. The molecule has 0 unspecified atom stereocenters. The van der Waals surface area contributed by atoms with Crippen LogP contribution in [0.2, 0.25) is 0 Å². The molecule has 2 aromatic heterocycles. The molecule has 1 atom stereocenters. The molecule has 0 amide bonds. The molecule has 22 heavy (non-hydrogen) atoms. The fourth-order valence-corrected chi connectivity index (χ4v) is 2.92. The summed E-state index contributed by atoms with van der Waals surface area (Å²) in [6, 6.07) is 8.67. The molecule has 0 aliphatic heterocycles. The van der Waals surface area contributed by atoms with Gasteiger partial charge in [-0.3, -0.25) is 4.68 Å². The van der Waals surface area contributed by atoms with Gasteiger partial charge in [0, 0.05) is 24.2 Å². The highest BCUT2D eigenvalue weighted by Crippen LogP contribution is 2.25. The molecule has 1 aromatic carbocycles. The summed E-state index contributed by atoms with van der Waals surface area (Å²) in [4.78, 5) is 4.74. The van der Waals surface area contributed by atoms with E-state index in [1.165, 1.54) is 22.1 Å². The van der Waals surface area contributed by atoms with E-state index in [9.17, 15) is 0 Å². The number of fused-ring (bicyclic) bond motifs is 1. The number of aryl methyl sites for hydroxylation is 4. The summed E-state index contributed by atoms with van der Waals surface area (Å²) >= 11 is 0. The van der Waals surface area contributed by atoms with Crippen LogP contribution in [0.4, 0.5) is 5.82 Å². The van der Waals surface area contributed by atoms with Crippen molar-refractivity contribution >= 4 is 16.7 Å². The lowest BCUT2D eigenvalue weighted by molar-refractivity contribution is 0.756. The number of anilines is 1. The molecule has 3 aromatic rings. The molecule has 1 N–H and O–H groups in total. The Morgan fingerprint density at radius 3 is 2.59 bits per heavy atom.